The number of hydrogen-bond acceptors (Lipinski definition) is 1. The zero-order valence-electron chi connectivity index (χ0n) is 9.18. The van der Waals surface area contributed by atoms with E-state index in [2.05, 4.69) is 6.58 Å². The first-order valence-corrected chi connectivity index (χ1v) is 4.93. The minimum atomic E-state index is -0.958. The van der Waals surface area contributed by atoms with Crippen LogP contribution in [0.2, 0.25) is 0 Å². The van der Waals surface area contributed by atoms with E-state index in [1.54, 1.807) is 6.08 Å². The fourth-order valence-electron chi connectivity index (χ4n) is 1.20. The Morgan fingerprint density at radius 1 is 1.25 bits per heavy atom. The van der Waals surface area contributed by atoms with Gasteiger partial charge in [0.2, 0.25) is 0 Å². The molecule has 2 nitrogen and oxygen atoms in total. The highest BCUT2D eigenvalue weighted by molar-refractivity contribution is 5.81. The Balaban J connectivity index is 2.99. The molecule has 2 heteroatoms. The highest BCUT2D eigenvalue weighted by Gasteiger charge is 1.95. The van der Waals surface area contributed by atoms with Gasteiger partial charge in [0, 0.05) is 6.08 Å². The molecule has 0 aliphatic rings. The molecule has 82 valence electrons. The van der Waals surface area contributed by atoms with Crippen molar-refractivity contribution in [3.63, 3.8) is 0 Å². The van der Waals surface area contributed by atoms with E-state index in [9.17, 15) is 4.79 Å². The van der Waals surface area contributed by atoms with Gasteiger partial charge in [-0.05, 0) is 30.2 Å². The van der Waals surface area contributed by atoms with Crippen LogP contribution in [0.5, 0.6) is 0 Å². The average molecular weight is 214 g/mol. The molecule has 0 bridgehead atoms. The Kier molecular flexibility index (Phi) is 4.28. The molecular formula is C14H14O2. The Hall–Kier alpha value is -2.09. The van der Waals surface area contributed by atoms with Crippen LogP contribution in [0.25, 0.3) is 6.08 Å². The summed E-state index contributed by atoms with van der Waals surface area (Å²) in [6.07, 6.45) is 4.57. The summed E-state index contributed by atoms with van der Waals surface area (Å²) in [5, 5.41) is 8.57. The molecule has 0 fully saturated rings. The van der Waals surface area contributed by atoms with Gasteiger partial charge in [-0.2, -0.15) is 0 Å². The molecule has 0 aliphatic carbocycles. The van der Waals surface area contributed by atoms with E-state index in [4.69, 9.17) is 5.11 Å². The predicted molar refractivity (Wildman–Crippen MR) is 66.0 cm³/mol. The maximum atomic E-state index is 10.4. The van der Waals surface area contributed by atoms with Crippen LogP contribution >= 0.6 is 0 Å². The van der Waals surface area contributed by atoms with E-state index in [1.165, 1.54) is 0 Å². The summed E-state index contributed by atoms with van der Waals surface area (Å²) in [6.45, 7) is 5.67. The molecule has 0 saturated carbocycles. The third-order valence-corrected chi connectivity index (χ3v) is 2.02. The monoisotopic (exact) mass is 214 g/mol. The first-order valence-electron chi connectivity index (χ1n) is 4.93. The number of benzene rings is 1. The fourth-order valence-corrected chi connectivity index (χ4v) is 1.20. The lowest BCUT2D eigenvalue weighted by atomic mass is 10.1. The minimum absolute atomic E-state index is 0.814. The lowest BCUT2D eigenvalue weighted by molar-refractivity contribution is -0.131. The summed E-state index contributed by atoms with van der Waals surface area (Å²) in [5.41, 5.74) is 2.67. The van der Waals surface area contributed by atoms with Crippen molar-refractivity contribution in [1.82, 2.24) is 0 Å². The van der Waals surface area contributed by atoms with E-state index < -0.39 is 5.97 Å². The molecule has 0 unspecified atom stereocenters. The summed E-state index contributed by atoms with van der Waals surface area (Å²) in [4.78, 5) is 10.4. The summed E-state index contributed by atoms with van der Waals surface area (Å²) in [6, 6.07) is 9.71. The Labute approximate surface area is 95.2 Å². The summed E-state index contributed by atoms with van der Waals surface area (Å²) in [5.74, 6) is -0.958. The summed E-state index contributed by atoms with van der Waals surface area (Å²) in [7, 11) is 0. The molecule has 0 spiro atoms. The molecule has 0 atom stereocenters. The second-order valence-electron chi connectivity index (χ2n) is 3.46. The molecule has 0 radical (unpaired) electrons. The Morgan fingerprint density at radius 3 is 2.38 bits per heavy atom. The molecule has 1 rings (SSSR count). The van der Waals surface area contributed by atoms with Gasteiger partial charge in [0.05, 0.1) is 0 Å². The zero-order chi connectivity index (χ0) is 12.0. The highest BCUT2D eigenvalue weighted by Crippen LogP contribution is 2.14. The quantitative estimate of drug-likeness (QED) is 0.616. The zero-order valence-corrected chi connectivity index (χ0v) is 9.18. The third-order valence-electron chi connectivity index (χ3n) is 2.02. The van der Waals surface area contributed by atoms with Gasteiger partial charge in [-0.25, -0.2) is 4.79 Å². The first-order chi connectivity index (χ1) is 7.59. The van der Waals surface area contributed by atoms with Gasteiger partial charge in [0.1, 0.15) is 0 Å². The minimum Gasteiger partial charge on any atom is -0.478 e. The fraction of sp³-hybridized carbons (Fsp3) is 0.0714. The SMILES string of the molecule is C=C(C)C(C=CC(=O)O)=Cc1ccccc1. The van der Waals surface area contributed by atoms with Crippen LogP contribution < -0.4 is 0 Å². The van der Waals surface area contributed by atoms with Crippen molar-refractivity contribution in [2.24, 2.45) is 0 Å². The van der Waals surface area contributed by atoms with Crippen LogP contribution in [0.4, 0.5) is 0 Å². The van der Waals surface area contributed by atoms with Crippen LogP contribution in [-0.4, -0.2) is 11.1 Å². The number of carboxylic acid groups (broad SMARTS) is 1. The maximum Gasteiger partial charge on any atom is 0.328 e. The molecule has 0 heterocycles. The van der Waals surface area contributed by atoms with Gasteiger partial charge in [-0.15, -0.1) is 0 Å². The largest absolute Gasteiger partial charge is 0.478 e. The van der Waals surface area contributed by atoms with Gasteiger partial charge in [0.15, 0.2) is 0 Å². The number of rotatable bonds is 4. The average Bonchev–Trinajstić information content (AvgIpc) is 2.25. The second kappa shape index (κ2) is 5.71. The molecule has 16 heavy (non-hydrogen) atoms. The van der Waals surface area contributed by atoms with Crippen molar-refractivity contribution in [3.05, 3.63) is 65.8 Å². The number of carbonyl (C=O) groups is 1. The van der Waals surface area contributed by atoms with Gasteiger partial charge in [-0.3, -0.25) is 0 Å². The van der Waals surface area contributed by atoms with Crippen LogP contribution in [0.1, 0.15) is 12.5 Å². The first kappa shape index (κ1) is 12.0. The highest BCUT2D eigenvalue weighted by atomic mass is 16.4. The lowest BCUT2D eigenvalue weighted by Gasteiger charge is -2.00. The lowest BCUT2D eigenvalue weighted by Crippen LogP contribution is -1.88. The van der Waals surface area contributed by atoms with E-state index in [-0.39, 0.29) is 0 Å². The molecule has 0 amide bonds. The molecule has 1 aromatic rings. The van der Waals surface area contributed by atoms with Crippen LogP contribution in [0.15, 0.2) is 60.2 Å². The molecule has 0 aliphatic heterocycles. The standard InChI is InChI=1S/C14H14O2/c1-11(2)13(8-9-14(15)16)10-12-6-4-3-5-7-12/h3-10H,1H2,2H3,(H,15,16). The van der Waals surface area contributed by atoms with Crippen molar-refractivity contribution in [2.75, 3.05) is 0 Å². The second-order valence-corrected chi connectivity index (χ2v) is 3.46. The van der Waals surface area contributed by atoms with E-state index >= 15 is 0 Å². The van der Waals surface area contributed by atoms with E-state index in [1.807, 2.05) is 43.3 Å². The van der Waals surface area contributed by atoms with Crippen molar-refractivity contribution in [3.8, 4) is 0 Å². The molecule has 1 N–H and O–H groups in total. The van der Waals surface area contributed by atoms with Crippen LogP contribution in [0, 0.1) is 0 Å². The molecule has 1 aromatic carbocycles. The van der Waals surface area contributed by atoms with Crippen molar-refractivity contribution >= 4 is 12.0 Å². The van der Waals surface area contributed by atoms with Crippen LogP contribution in [-0.2, 0) is 4.79 Å². The van der Waals surface area contributed by atoms with Gasteiger partial charge < -0.3 is 5.11 Å². The number of hydrogen-bond donors (Lipinski definition) is 1. The predicted octanol–water partition coefficient (Wildman–Crippen LogP) is 3.29. The van der Waals surface area contributed by atoms with Crippen molar-refractivity contribution in [2.45, 2.75) is 6.92 Å². The van der Waals surface area contributed by atoms with Crippen LogP contribution in [0.3, 0.4) is 0 Å². The summed E-state index contributed by atoms with van der Waals surface area (Å²) >= 11 is 0. The Morgan fingerprint density at radius 2 is 1.88 bits per heavy atom. The number of carboxylic acids is 1. The molecular weight excluding hydrogens is 200 g/mol. The van der Waals surface area contributed by atoms with Gasteiger partial charge in [-0.1, -0.05) is 42.5 Å². The molecule has 0 saturated heterocycles. The normalized spacial score (nSPS) is 11.7. The smallest absolute Gasteiger partial charge is 0.328 e. The third kappa shape index (κ3) is 3.96. The van der Waals surface area contributed by atoms with Gasteiger partial charge in [0.25, 0.3) is 0 Å². The summed E-state index contributed by atoms with van der Waals surface area (Å²) < 4.78 is 0. The van der Waals surface area contributed by atoms with Crippen molar-refractivity contribution < 1.29 is 9.90 Å². The van der Waals surface area contributed by atoms with Gasteiger partial charge >= 0.3 is 5.97 Å². The number of allylic oxidation sites excluding steroid dienone is 3. The van der Waals surface area contributed by atoms with E-state index in [0.29, 0.717) is 0 Å². The molecule has 0 aromatic heterocycles. The van der Waals surface area contributed by atoms with E-state index in [0.717, 1.165) is 22.8 Å². The topological polar surface area (TPSA) is 37.3 Å². The maximum absolute atomic E-state index is 10.4. The Bertz CT molecular complexity index is 439. The number of aliphatic carboxylic acids is 1. The van der Waals surface area contributed by atoms with Crippen molar-refractivity contribution in [1.29, 1.82) is 0 Å².